The Morgan fingerprint density at radius 2 is 1.89 bits per heavy atom. The third-order valence-corrected chi connectivity index (χ3v) is 6.79. The molecule has 1 aromatic rings. The van der Waals surface area contributed by atoms with Crippen LogP contribution in [0.4, 0.5) is 0 Å². The van der Waals surface area contributed by atoms with Gasteiger partial charge in [0.25, 0.3) is 0 Å². The monoisotopic (exact) mass is 439 g/mol. The number of epoxide rings is 1. The zero-order chi connectivity index (χ0) is 18.3. The molecule has 0 aliphatic carbocycles. The first-order valence-corrected chi connectivity index (χ1v) is 9.95. The maximum atomic E-state index is 12.7. The highest BCUT2D eigenvalue weighted by molar-refractivity contribution is 5.78. The number of quaternary nitrogens is 1. The molecule has 3 heterocycles. The summed E-state index contributed by atoms with van der Waals surface area (Å²) in [6.07, 6.45) is 4.83. The van der Waals surface area contributed by atoms with E-state index in [1.54, 1.807) is 0 Å². The van der Waals surface area contributed by atoms with Crippen molar-refractivity contribution in [3.63, 3.8) is 0 Å². The predicted molar refractivity (Wildman–Crippen MR) is 97.6 cm³/mol. The summed E-state index contributed by atoms with van der Waals surface area (Å²) in [7, 11) is 2.36. The van der Waals surface area contributed by atoms with Crippen LogP contribution >= 0.6 is 0 Å². The Morgan fingerprint density at radius 3 is 2.44 bits per heavy atom. The first-order valence-electron chi connectivity index (χ1n) is 9.95. The molecule has 5 atom stereocenters. The minimum atomic E-state index is -0.595. The van der Waals surface area contributed by atoms with Gasteiger partial charge in [0, 0.05) is 12.8 Å². The summed E-state index contributed by atoms with van der Waals surface area (Å²) < 4.78 is 12.9. The van der Waals surface area contributed by atoms with Crippen molar-refractivity contribution >= 4 is 5.97 Å². The summed E-state index contributed by atoms with van der Waals surface area (Å²) in [5.41, 5.74) is 0.813. The van der Waals surface area contributed by atoms with Crippen LogP contribution in [-0.4, -0.2) is 66.2 Å². The lowest BCUT2D eigenvalue weighted by atomic mass is 9.94. The van der Waals surface area contributed by atoms with Crippen molar-refractivity contribution in [2.24, 2.45) is 0 Å². The number of esters is 1. The Hall–Kier alpha value is -0.950. The summed E-state index contributed by atoms with van der Waals surface area (Å²) in [6, 6.07) is 10.3. The van der Waals surface area contributed by atoms with Gasteiger partial charge in [-0.15, -0.1) is 0 Å². The maximum absolute atomic E-state index is 12.7. The van der Waals surface area contributed by atoms with Gasteiger partial charge in [0.1, 0.15) is 36.3 Å². The molecule has 0 radical (unpaired) electrons. The van der Waals surface area contributed by atoms with Crippen LogP contribution in [0, 0.1) is 0 Å². The number of ether oxygens (including phenoxy) is 2. The first kappa shape index (κ1) is 20.8. The fourth-order valence-electron chi connectivity index (χ4n) is 5.23. The number of unbranched alkanes of at least 4 members (excludes halogenated alkanes) is 1. The first-order chi connectivity index (χ1) is 12.6. The molecule has 0 aromatic heterocycles. The molecular formula is C21H30BrNO4. The number of fused-ring (bicyclic) bond motifs is 5. The molecule has 1 N–H and O–H groups in total. The predicted octanol–water partition coefficient (Wildman–Crippen LogP) is -0.763. The molecule has 6 heteroatoms. The number of hydrogen-bond acceptors (Lipinski definition) is 4. The molecule has 4 unspecified atom stereocenters. The molecule has 5 nitrogen and oxygen atoms in total. The molecule has 27 heavy (non-hydrogen) atoms. The fourth-order valence-corrected chi connectivity index (χ4v) is 5.23. The van der Waals surface area contributed by atoms with Gasteiger partial charge in [0.15, 0.2) is 0 Å². The number of aliphatic hydroxyl groups is 1. The highest BCUT2D eigenvalue weighted by atomic mass is 79.9. The third-order valence-electron chi connectivity index (χ3n) is 6.79. The fraction of sp³-hybridized carbons (Fsp3) is 0.667. The van der Waals surface area contributed by atoms with E-state index in [0.717, 1.165) is 22.9 Å². The Kier molecular flexibility index (Phi) is 6.31. The maximum Gasteiger partial charge on any atom is 0.316 e. The zero-order valence-electron chi connectivity index (χ0n) is 16.1. The molecule has 0 amide bonds. The van der Waals surface area contributed by atoms with E-state index in [1.807, 2.05) is 30.3 Å². The summed E-state index contributed by atoms with van der Waals surface area (Å²) in [6.45, 7) is 3.20. The molecule has 4 rings (SSSR count). The molecule has 3 aliphatic rings. The van der Waals surface area contributed by atoms with Crippen LogP contribution in [0.5, 0.6) is 0 Å². The quantitative estimate of drug-likeness (QED) is 0.344. The van der Waals surface area contributed by atoms with E-state index in [2.05, 4.69) is 14.0 Å². The molecular weight excluding hydrogens is 410 g/mol. The van der Waals surface area contributed by atoms with Crippen LogP contribution in [0.1, 0.15) is 44.1 Å². The Labute approximate surface area is 172 Å². The SMILES string of the molecule is CCCC[N+]1(C)C2CC(OC(=O)[C@H](CO)c3ccccc3)CC1C1OC12.[Br-]. The second-order valence-corrected chi connectivity index (χ2v) is 8.30. The number of aliphatic hydroxyl groups excluding tert-OH is 1. The van der Waals surface area contributed by atoms with E-state index in [1.165, 1.54) is 19.4 Å². The van der Waals surface area contributed by atoms with Crippen molar-refractivity contribution in [2.45, 2.75) is 68.9 Å². The topological polar surface area (TPSA) is 59.1 Å². The minimum Gasteiger partial charge on any atom is -1.00 e. The van der Waals surface area contributed by atoms with Crippen molar-refractivity contribution in [3.8, 4) is 0 Å². The van der Waals surface area contributed by atoms with E-state index in [9.17, 15) is 9.90 Å². The van der Waals surface area contributed by atoms with Gasteiger partial charge in [-0.2, -0.15) is 0 Å². The summed E-state index contributed by atoms with van der Waals surface area (Å²) in [4.78, 5) is 12.7. The van der Waals surface area contributed by atoms with Crippen molar-refractivity contribution in [1.82, 2.24) is 0 Å². The third kappa shape index (κ3) is 3.69. The zero-order valence-corrected chi connectivity index (χ0v) is 17.7. The van der Waals surface area contributed by atoms with Crippen LogP contribution in [0.25, 0.3) is 0 Å². The molecule has 1 aromatic carbocycles. The smallest absolute Gasteiger partial charge is 0.316 e. The molecule has 3 aliphatic heterocycles. The Balaban J connectivity index is 0.00000210. The highest BCUT2D eigenvalue weighted by Gasteiger charge is 2.71. The van der Waals surface area contributed by atoms with Crippen molar-refractivity contribution in [1.29, 1.82) is 0 Å². The second-order valence-electron chi connectivity index (χ2n) is 8.30. The highest BCUT2D eigenvalue weighted by Crippen LogP contribution is 2.52. The standard InChI is InChI=1S/C21H30NO4.BrH/c1-3-4-10-22(2)17-11-15(12-18(22)20-19(17)26-20)25-21(24)16(13-23)14-8-6-5-7-9-14;/h5-9,15-20,23H,3-4,10-13H2,1-2H3;1H/q+1;/p-1/t15?,16-,17?,18?,19?,20?,22?;/m1./s1. The van der Waals surface area contributed by atoms with Crippen LogP contribution in [0.2, 0.25) is 0 Å². The number of nitrogens with zero attached hydrogens (tertiary/aromatic N) is 1. The van der Waals surface area contributed by atoms with E-state index in [0.29, 0.717) is 24.3 Å². The molecule has 150 valence electrons. The van der Waals surface area contributed by atoms with Crippen LogP contribution in [0.15, 0.2) is 30.3 Å². The van der Waals surface area contributed by atoms with Gasteiger partial charge in [-0.05, 0) is 12.0 Å². The largest absolute Gasteiger partial charge is 1.00 e. The molecule has 2 bridgehead atoms. The number of morpholine rings is 1. The Bertz CT molecular complexity index is 637. The minimum absolute atomic E-state index is 0. The van der Waals surface area contributed by atoms with Crippen molar-refractivity contribution in [2.75, 3.05) is 20.2 Å². The number of likely N-dealkylation sites (N-methyl/N-ethyl adjacent to an activating group) is 1. The molecule has 3 saturated heterocycles. The van der Waals surface area contributed by atoms with Gasteiger partial charge in [0.05, 0.1) is 20.2 Å². The van der Waals surface area contributed by atoms with Gasteiger partial charge < -0.3 is 36.0 Å². The summed E-state index contributed by atoms with van der Waals surface area (Å²) in [5.74, 6) is -0.898. The van der Waals surface area contributed by atoms with Crippen LogP contribution in [0.3, 0.4) is 0 Å². The second kappa shape index (κ2) is 8.19. The van der Waals surface area contributed by atoms with Crippen LogP contribution < -0.4 is 17.0 Å². The normalized spacial score (nSPS) is 37.1. The van der Waals surface area contributed by atoms with Gasteiger partial charge in [-0.3, -0.25) is 4.79 Å². The van der Waals surface area contributed by atoms with E-state index >= 15 is 0 Å². The number of carbonyl (C=O) groups is 1. The number of rotatable bonds is 7. The summed E-state index contributed by atoms with van der Waals surface area (Å²) >= 11 is 0. The average Bonchev–Trinajstić information content (AvgIpc) is 3.40. The lowest BCUT2D eigenvalue weighted by Crippen LogP contribution is -3.00. The number of halogens is 1. The van der Waals surface area contributed by atoms with Gasteiger partial charge in [-0.1, -0.05) is 43.7 Å². The van der Waals surface area contributed by atoms with Crippen molar-refractivity contribution < 1.29 is 40.8 Å². The number of benzene rings is 1. The summed E-state index contributed by atoms with van der Waals surface area (Å²) in [5, 5.41) is 9.70. The Morgan fingerprint density at radius 1 is 1.26 bits per heavy atom. The molecule has 0 saturated carbocycles. The van der Waals surface area contributed by atoms with Crippen LogP contribution in [-0.2, 0) is 14.3 Å². The van der Waals surface area contributed by atoms with Crippen molar-refractivity contribution in [3.05, 3.63) is 35.9 Å². The molecule has 0 spiro atoms. The lowest BCUT2D eigenvalue weighted by Gasteiger charge is -2.48. The van der Waals surface area contributed by atoms with E-state index in [4.69, 9.17) is 9.47 Å². The van der Waals surface area contributed by atoms with Gasteiger partial charge in [-0.25, -0.2) is 0 Å². The number of piperidine rings is 1. The van der Waals surface area contributed by atoms with Gasteiger partial charge >= 0.3 is 5.97 Å². The number of carbonyl (C=O) groups excluding carboxylic acids is 1. The van der Waals surface area contributed by atoms with E-state index in [-0.39, 0.29) is 35.7 Å². The lowest BCUT2D eigenvalue weighted by molar-refractivity contribution is -0.956. The number of hydrogen-bond donors (Lipinski definition) is 1. The average molecular weight is 440 g/mol. The molecule has 3 fully saturated rings. The van der Waals surface area contributed by atoms with E-state index < -0.39 is 5.92 Å². The van der Waals surface area contributed by atoms with Gasteiger partial charge in [0.2, 0.25) is 0 Å².